The highest BCUT2D eigenvalue weighted by atomic mass is 16.4. The third kappa shape index (κ3) is 9.53. The van der Waals surface area contributed by atoms with E-state index in [1.54, 1.807) is 0 Å². The summed E-state index contributed by atoms with van der Waals surface area (Å²) in [6, 6.07) is 0. The van der Waals surface area contributed by atoms with E-state index in [4.69, 9.17) is 5.11 Å². The molecule has 0 saturated heterocycles. The van der Waals surface area contributed by atoms with Gasteiger partial charge in [0.15, 0.2) is 0 Å². The zero-order chi connectivity index (χ0) is 17.8. The number of amides is 2. The molecule has 0 spiro atoms. The number of unbranched alkanes of at least 4 members (excludes halogenated alkanes) is 2. The van der Waals surface area contributed by atoms with Gasteiger partial charge in [-0.3, -0.25) is 14.4 Å². The number of carbonyl (C=O) groups is 3. The zero-order valence-corrected chi connectivity index (χ0v) is 14.8. The lowest BCUT2D eigenvalue weighted by Crippen LogP contribution is -2.39. The molecule has 0 unspecified atom stereocenters. The summed E-state index contributed by atoms with van der Waals surface area (Å²) in [5, 5.41) is 13.8. The Kier molecular flexibility index (Phi) is 10.1. The number of carboxylic acids is 1. The van der Waals surface area contributed by atoms with Crippen LogP contribution in [0.5, 0.6) is 0 Å². The van der Waals surface area contributed by atoms with E-state index < -0.39 is 11.9 Å². The Bertz CT molecular complexity index is 406. The SMILES string of the molecule is C[C@@H](CNC(=O)CNC(=O)CCCCCC1CCCCC1)C(=O)O. The molecule has 1 rings (SSSR count). The van der Waals surface area contributed by atoms with Crippen molar-refractivity contribution in [1.82, 2.24) is 10.6 Å². The highest BCUT2D eigenvalue weighted by Crippen LogP contribution is 2.27. The number of rotatable bonds is 11. The van der Waals surface area contributed by atoms with E-state index in [0.29, 0.717) is 6.42 Å². The van der Waals surface area contributed by atoms with Crippen LogP contribution in [-0.4, -0.2) is 36.0 Å². The molecule has 1 atom stereocenters. The van der Waals surface area contributed by atoms with Crippen molar-refractivity contribution in [2.24, 2.45) is 11.8 Å². The third-order valence-electron chi connectivity index (χ3n) is 4.71. The second-order valence-electron chi connectivity index (χ2n) is 6.92. The molecule has 0 aromatic heterocycles. The van der Waals surface area contributed by atoms with Gasteiger partial charge in [0, 0.05) is 13.0 Å². The van der Waals surface area contributed by atoms with E-state index >= 15 is 0 Å². The molecule has 138 valence electrons. The summed E-state index contributed by atoms with van der Waals surface area (Å²) in [6.45, 7) is 1.51. The quantitative estimate of drug-likeness (QED) is 0.504. The van der Waals surface area contributed by atoms with Crippen LogP contribution < -0.4 is 10.6 Å². The average Bonchev–Trinajstić information content (AvgIpc) is 2.58. The minimum absolute atomic E-state index is 0.0746. The standard InChI is InChI=1S/C18H32N2O4/c1-14(18(23)24)12-19-17(22)13-20-16(21)11-7-3-6-10-15-8-4-2-5-9-15/h14-15H,2-13H2,1H3,(H,19,22)(H,20,21)(H,23,24)/t14-/m0/s1. The van der Waals surface area contributed by atoms with Gasteiger partial charge < -0.3 is 15.7 Å². The number of aliphatic carboxylic acids is 1. The van der Waals surface area contributed by atoms with Gasteiger partial charge >= 0.3 is 5.97 Å². The lowest BCUT2D eigenvalue weighted by molar-refractivity contribution is -0.141. The molecule has 0 aromatic carbocycles. The van der Waals surface area contributed by atoms with Crippen LogP contribution in [0.15, 0.2) is 0 Å². The first-order chi connectivity index (χ1) is 11.5. The van der Waals surface area contributed by atoms with Gasteiger partial charge in [-0.05, 0) is 12.3 Å². The summed E-state index contributed by atoms with van der Waals surface area (Å²) >= 11 is 0. The van der Waals surface area contributed by atoms with Gasteiger partial charge in [-0.15, -0.1) is 0 Å². The molecule has 0 radical (unpaired) electrons. The second kappa shape index (κ2) is 11.9. The first kappa shape index (κ1) is 20.5. The third-order valence-corrected chi connectivity index (χ3v) is 4.71. The fraction of sp³-hybridized carbons (Fsp3) is 0.833. The summed E-state index contributed by atoms with van der Waals surface area (Å²) < 4.78 is 0. The molecular weight excluding hydrogens is 308 g/mol. The minimum Gasteiger partial charge on any atom is -0.481 e. The summed E-state index contributed by atoms with van der Waals surface area (Å²) in [7, 11) is 0. The van der Waals surface area contributed by atoms with Crippen molar-refractivity contribution >= 4 is 17.8 Å². The highest BCUT2D eigenvalue weighted by molar-refractivity contribution is 5.84. The molecule has 2 amide bonds. The topological polar surface area (TPSA) is 95.5 Å². The molecule has 1 aliphatic rings. The van der Waals surface area contributed by atoms with Crippen LogP contribution in [0.25, 0.3) is 0 Å². The maximum atomic E-state index is 11.7. The number of nitrogens with one attached hydrogen (secondary N) is 2. The Labute approximate surface area is 144 Å². The summed E-state index contributed by atoms with van der Waals surface area (Å²) in [6.07, 6.45) is 11.7. The van der Waals surface area contributed by atoms with Crippen molar-refractivity contribution in [1.29, 1.82) is 0 Å². The Morgan fingerprint density at radius 3 is 2.38 bits per heavy atom. The smallest absolute Gasteiger partial charge is 0.308 e. The molecule has 6 heteroatoms. The average molecular weight is 340 g/mol. The maximum Gasteiger partial charge on any atom is 0.308 e. The molecular formula is C18H32N2O4. The van der Waals surface area contributed by atoms with E-state index in [1.165, 1.54) is 51.9 Å². The van der Waals surface area contributed by atoms with Crippen LogP contribution in [0.4, 0.5) is 0 Å². The van der Waals surface area contributed by atoms with Crippen molar-refractivity contribution in [3.63, 3.8) is 0 Å². The first-order valence-electron chi connectivity index (χ1n) is 9.25. The van der Waals surface area contributed by atoms with Gasteiger partial charge in [0.25, 0.3) is 0 Å². The van der Waals surface area contributed by atoms with Crippen molar-refractivity contribution in [3.05, 3.63) is 0 Å². The molecule has 6 nitrogen and oxygen atoms in total. The number of hydrogen-bond donors (Lipinski definition) is 3. The zero-order valence-electron chi connectivity index (χ0n) is 14.8. The predicted molar refractivity (Wildman–Crippen MR) is 92.5 cm³/mol. The Hall–Kier alpha value is -1.59. The Balaban J connectivity index is 1.97. The summed E-state index contributed by atoms with van der Waals surface area (Å²) in [5.74, 6) is -1.16. The minimum atomic E-state index is -0.951. The van der Waals surface area contributed by atoms with Gasteiger partial charge in [0.05, 0.1) is 12.5 Å². The molecule has 0 bridgehead atoms. The van der Waals surface area contributed by atoms with Gasteiger partial charge in [0.2, 0.25) is 11.8 Å². The van der Waals surface area contributed by atoms with Crippen LogP contribution in [0.1, 0.15) is 71.1 Å². The molecule has 0 aliphatic heterocycles. The predicted octanol–water partition coefficient (Wildman–Crippen LogP) is 2.47. The molecule has 3 N–H and O–H groups in total. The van der Waals surface area contributed by atoms with Crippen LogP contribution in [-0.2, 0) is 14.4 Å². The number of carbonyl (C=O) groups excluding carboxylic acids is 2. The fourth-order valence-electron chi connectivity index (χ4n) is 3.06. The molecule has 24 heavy (non-hydrogen) atoms. The maximum absolute atomic E-state index is 11.7. The van der Waals surface area contributed by atoms with Crippen LogP contribution in [0.3, 0.4) is 0 Å². The van der Waals surface area contributed by atoms with Gasteiger partial charge in [-0.25, -0.2) is 0 Å². The van der Waals surface area contributed by atoms with Crippen molar-refractivity contribution in [3.8, 4) is 0 Å². The van der Waals surface area contributed by atoms with E-state index in [2.05, 4.69) is 10.6 Å². The van der Waals surface area contributed by atoms with Crippen LogP contribution >= 0.6 is 0 Å². The van der Waals surface area contributed by atoms with E-state index in [1.807, 2.05) is 0 Å². The van der Waals surface area contributed by atoms with Crippen molar-refractivity contribution in [2.45, 2.75) is 71.1 Å². The second-order valence-corrected chi connectivity index (χ2v) is 6.92. The lowest BCUT2D eigenvalue weighted by atomic mass is 9.85. The van der Waals surface area contributed by atoms with E-state index in [0.717, 1.165) is 18.8 Å². The summed E-state index contributed by atoms with van der Waals surface area (Å²) in [4.78, 5) is 33.8. The molecule has 0 aromatic rings. The molecule has 1 fully saturated rings. The van der Waals surface area contributed by atoms with Crippen LogP contribution in [0.2, 0.25) is 0 Å². The van der Waals surface area contributed by atoms with Gasteiger partial charge in [-0.1, -0.05) is 58.3 Å². The molecule has 0 heterocycles. The fourth-order valence-corrected chi connectivity index (χ4v) is 3.06. The number of carboxylic acid groups (broad SMARTS) is 1. The van der Waals surface area contributed by atoms with Gasteiger partial charge in [0.1, 0.15) is 0 Å². The summed E-state index contributed by atoms with van der Waals surface area (Å²) in [5.41, 5.74) is 0. The molecule has 1 aliphatic carbocycles. The molecule has 1 saturated carbocycles. The first-order valence-corrected chi connectivity index (χ1v) is 9.25. The largest absolute Gasteiger partial charge is 0.481 e. The highest BCUT2D eigenvalue weighted by Gasteiger charge is 2.13. The Morgan fingerprint density at radius 1 is 1.00 bits per heavy atom. The van der Waals surface area contributed by atoms with E-state index in [-0.39, 0.29) is 24.9 Å². The van der Waals surface area contributed by atoms with E-state index in [9.17, 15) is 14.4 Å². The monoisotopic (exact) mass is 340 g/mol. The number of hydrogen-bond acceptors (Lipinski definition) is 3. The van der Waals surface area contributed by atoms with Crippen LogP contribution in [0, 0.1) is 11.8 Å². The van der Waals surface area contributed by atoms with Gasteiger partial charge in [-0.2, -0.15) is 0 Å². The van der Waals surface area contributed by atoms with Crippen molar-refractivity contribution < 1.29 is 19.5 Å². The normalized spacial score (nSPS) is 16.4. The lowest BCUT2D eigenvalue weighted by Gasteiger charge is -2.21. The van der Waals surface area contributed by atoms with Crippen molar-refractivity contribution in [2.75, 3.05) is 13.1 Å². The Morgan fingerprint density at radius 2 is 1.71 bits per heavy atom.